The lowest BCUT2D eigenvalue weighted by Crippen LogP contribution is -2.60. The van der Waals surface area contributed by atoms with Crippen LogP contribution in [0, 0.1) is 17.7 Å². The number of nitrogens with zero attached hydrogens (tertiary/aromatic N) is 4. The predicted molar refractivity (Wildman–Crippen MR) is 155 cm³/mol. The predicted octanol–water partition coefficient (Wildman–Crippen LogP) is 5.01. The van der Waals surface area contributed by atoms with Gasteiger partial charge in [-0.2, -0.15) is 0 Å². The van der Waals surface area contributed by atoms with Crippen molar-refractivity contribution < 1.29 is 33.0 Å². The van der Waals surface area contributed by atoms with Crippen LogP contribution < -0.4 is 24.4 Å². The molecule has 4 aromatic rings. The van der Waals surface area contributed by atoms with E-state index >= 15 is 0 Å². The Bertz CT molecular complexity index is 1690. The molecule has 12 heteroatoms. The van der Waals surface area contributed by atoms with Gasteiger partial charge in [-0.1, -0.05) is 0 Å². The zero-order valence-corrected chi connectivity index (χ0v) is 23.5. The third-order valence-corrected chi connectivity index (χ3v) is 7.38. The van der Waals surface area contributed by atoms with Gasteiger partial charge < -0.3 is 24.4 Å². The molecular weight excluding hydrogens is 557 g/mol. The van der Waals surface area contributed by atoms with Crippen molar-refractivity contribution in [3.8, 4) is 23.0 Å². The van der Waals surface area contributed by atoms with E-state index in [1.807, 2.05) is 0 Å². The van der Waals surface area contributed by atoms with Crippen LogP contribution in [0.1, 0.15) is 12.8 Å². The number of urea groups is 1. The lowest BCUT2D eigenvalue weighted by molar-refractivity contribution is -0.132. The molecule has 1 aliphatic carbocycles. The van der Waals surface area contributed by atoms with Crippen LogP contribution in [0.4, 0.5) is 20.7 Å². The molecule has 2 aromatic heterocycles. The molecule has 220 valence electrons. The molecule has 2 aliphatic rings. The van der Waals surface area contributed by atoms with E-state index in [4.69, 9.17) is 14.2 Å². The Hall–Kier alpha value is -5.26. The van der Waals surface area contributed by atoms with Crippen LogP contribution in [0.2, 0.25) is 0 Å². The number of amides is 4. The number of benzene rings is 2. The fourth-order valence-corrected chi connectivity index (χ4v) is 4.95. The van der Waals surface area contributed by atoms with Gasteiger partial charge in [0.05, 0.1) is 31.6 Å². The summed E-state index contributed by atoms with van der Waals surface area (Å²) in [5.41, 5.74) is 0.849. The lowest BCUT2D eigenvalue weighted by atomic mass is 10.0. The minimum atomic E-state index is -1.17. The van der Waals surface area contributed by atoms with Crippen LogP contribution >= 0.6 is 0 Å². The monoisotopic (exact) mass is 585 g/mol. The standard InChI is InChI=1S/C31H28FN5O6/c1-41-26-13-22-24(14-27(26)42-2)33-12-11-25(22)43-21-9-10-28(34-15-21)35-29(38)23-17-36(16-18-3-4-18)31(40)37(30(23)39)20-7-5-19(32)6-8-20/h5-15,18,23H,3-4,16-17H2,1-2H3,(H,34,35,38). The van der Waals surface area contributed by atoms with Crippen LogP contribution in [-0.4, -0.2) is 60.0 Å². The number of hydrogen-bond donors (Lipinski definition) is 1. The van der Waals surface area contributed by atoms with E-state index in [0.717, 1.165) is 17.7 Å². The van der Waals surface area contributed by atoms with Crippen molar-refractivity contribution >= 4 is 40.3 Å². The minimum absolute atomic E-state index is 0.0533. The van der Waals surface area contributed by atoms with Gasteiger partial charge in [0.15, 0.2) is 11.5 Å². The number of hydrogen-bond acceptors (Lipinski definition) is 8. The van der Waals surface area contributed by atoms with Gasteiger partial charge in [-0.15, -0.1) is 0 Å². The maximum absolute atomic E-state index is 13.5. The molecule has 2 fully saturated rings. The van der Waals surface area contributed by atoms with Gasteiger partial charge in [0.2, 0.25) is 11.8 Å². The van der Waals surface area contributed by atoms with E-state index in [-0.39, 0.29) is 18.1 Å². The third-order valence-electron chi connectivity index (χ3n) is 7.38. The Labute approximate surface area is 246 Å². The molecule has 1 saturated carbocycles. The zero-order chi connectivity index (χ0) is 30.1. The molecule has 1 atom stereocenters. The summed E-state index contributed by atoms with van der Waals surface area (Å²) in [5, 5.41) is 3.38. The maximum Gasteiger partial charge on any atom is 0.331 e. The molecule has 1 N–H and O–H groups in total. The first-order valence-electron chi connectivity index (χ1n) is 13.7. The molecule has 11 nitrogen and oxygen atoms in total. The van der Waals surface area contributed by atoms with Gasteiger partial charge in [0.25, 0.3) is 0 Å². The first kappa shape index (κ1) is 27.9. The summed E-state index contributed by atoms with van der Waals surface area (Å²) < 4.78 is 30.4. The molecule has 3 heterocycles. The Morgan fingerprint density at radius 3 is 2.40 bits per heavy atom. The number of rotatable bonds is 9. The van der Waals surface area contributed by atoms with Crippen LogP contribution in [-0.2, 0) is 9.59 Å². The molecule has 0 bridgehead atoms. The number of methoxy groups -OCH3 is 2. The van der Waals surface area contributed by atoms with Gasteiger partial charge in [0.1, 0.15) is 29.1 Å². The van der Waals surface area contributed by atoms with E-state index in [1.54, 1.807) is 50.7 Å². The molecule has 0 radical (unpaired) electrons. The average Bonchev–Trinajstić information content (AvgIpc) is 3.84. The minimum Gasteiger partial charge on any atom is -0.493 e. The summed E-state index contributed by atoms with van der Waals surface area (Å²) >= 11 is 0. The fourth-order valence-electron chi connectivity index (χ4n) is 4.95. The second-order valence-electron chi connectivity index (χ2n) is 10.3. The SMILES string of the molecule is COc1cc2nccc(Oc3ccc(NC(=O)C4CN(CC5CC5)C(=O)N(c5ccc(F)cc5)C4=O)nc3)c2cc1OC. The van der Waals surface area contributed by atoms with Crippen molar-refractivity contribution in [1.29, 1.82) is 0 Å². The van der Waals surface area contributed by atoms with Gasteiger partial charge in [-0.05, 0) is 67.3 Å². The summed E-state index contributed by atoms with van der Waals surface area (Å²) in [6.07, 6.45) is 5.03. The Balaban J connectivity index is 1.19. The van der Waals surface area contributed by atoms with E-state index in [1.165, 1.54) is 35.4 Å². The number of fused-ring (bicyclic) bond motifs is 1. The van der Waals surface area contributed by atoms with Crippen molar-refractivity contribution in [2.75, 3.05) is 37.5 Å². The van der Waals surface area contributed by atoms with E-state index in [9.17, 15) is 18.8 Å². The number of anilines is 2. The summed E-state index contributed by atoms with van der Waals surface area (Å²) in [6, 6.07) is 12.9. The van der Waals surface area contributed by atoms with Crippen LogP contribution in [0.5, 0.6) is 23.0 Å². The summed E-state index contributed by atoms with van der Waals surface area (Å²) in [7, 11) is 3.09. The van der Waals surface area contributed by atoms with Crippen molar-refractivity contribution in [3.63, 3.8) is 0 Å². The largest absolute Gasteiger partial charge is 0.493 e. The van der Waals surface area contributed by atoms with Gasteiger partial charge in [0, 0.05) is 30.7 Å². The number of halogens is 1. The topological polar surface area (TPSA) is 123 Å². The molecule has 4 amide bonds. The summed E-state index contributed by atoms with van der Waals surface area (Å²) in [5.74, 6) is -0.437. The second kappa shape index (κ2) is 11.6. The second-order valence-corrected chi connectivity index (χ2v) is 10.3. The number of aromatic nitrogens is 2. The van der Waals surface area contributed by atoms with Gasteiger partial charge in [-0.25, -0.2) is 19.1 Å². The first-order chi connectivity index (χ1) is 20.8. The van der Waals surface area contributed by atoms with E-state index in [2.05, 4.69) is 15.3 Å². The highest BCUT2D eigenvalue weighted by Gasteiger charge is 2.45. The average molecular weight is 586 g/mol. The smallest absolute Gasteiger partial charge is 0.331 e. The number of imide groups is 1. The molecular formula is C31H28FN5O6. The number of nitrogens with one attached hydrogen (secondary N) is 1. The molecule has 1 saturated heterocycles. The highest BCUT2D eigenvalue weighted by Crippen LogP contribution is 2.37. The van der Waals surface area contributed by atoms with Crippen molar-refractivity contribution in [3.05, 3.63) is 72.8 Å². The fraction of sp³-hybridized carbons (Fsp3) is 0.258. The maximum atomic E-state index is 13.5. The van der Waals surface area contributed by atoms with E-state index in [0.29, 0.717) is 46.4 Å². The number of carbonyl (C=O) groups is 3. The Morgan fingerprint density at radius 2 is 1.72 bits per heavy atom. The molecule has 6 rings (SSSR count). The highest BCUT2D eigenvalue weighted by atomic mass is 19.1. The molecule has 1 aliphatic heterocycles. The molecule has 43 heavy (non-hydrogen) atoms. The molecule has 2 aromatic carbocycles. The number of carbonyl (C=O) groups excluding carboxylic acids is 3. The van der Waals surface area contributed by atoms with Gasteiger partial charge in [-0.3, -0.25) is 14.6 Å². The Morgan fingerprint density at radius 1 is 0.977 bits per heavy atom. The number of ether oxygens (including phenoxy) is 3. The van der Waals surface area contributed by atoms with Crippen molar-refractivity contribution in [1.82, 2.24) is 14.9 Å². The van der Waals surface area contributed by atoms with Gasteiger partial charge >= 0.3 is 6.03 Å². The summed E-state index contributed by atoms with van der Waals surface area (Å²) in [4.78, 5) is 51.1. The Kier molecular flexibility index (Phi) is 7.49. The molecule has 1 unspecified atom stereocenters. The van der Waals surface area contributed by atoms with Crippen molar-refractivity contribution in [2.24, 2.45) is 11.8 Å². The van der Waals surface area contributed by atoms with Crippen molar-refractivity contribution in [2.45, 2.75) is 12.8 Å². The first-order valence-corrected chi connectivity index (χ1v) is 13.7. The quantitative estimate of drug-likeness (QED) is 0.272. The lowest BCUT2D eigenvalue weighted by Gasteiger charge is -2.38. The highest BCUT2D eigenvalue weighted by molar-refractivity contribution is 6.23. The zero-order valence-electron chi connectivity index (χ0n) is 23.5. The molecule has 0 spiro atoms. The van der Waals surface area contributed by atoms with Crippen LogP contribution in [0.25, 0.3) is 10.9 Å². The van der Waals surface area contributed by atoms with Crippen LogP contribution in [0.3, 0.4) is 0 Å². The number of pyridine rings is 2. The third kappa shape index (κ3) is 5.76. The van der Waals surface area contributed by atoms with Crippen LogP contribution in [0.15, 0.2) is 67.0 Å². The summed E-state index contributed by atoms with van der Waals surface area (Å²) in [6.45, 7) is 0.391. The normalized spacial score (nSPS) is 16.8. The van der Waals surface area contributed by atoms with E-state index < -0.39 is 29.6 Å².